The number of amides is 2. The second-order valence-corrected chi connectivity index (χ2v) is 6.24. The molecule has 22 heavy (non-hydrogen) atoms. The van der Waals surface area contributed by atoms with E-state index in [1.54, 1.807) is 12.1 Å². The van der Waals surface area contributed by atoms with Gasteiger partial charge in [0.15, 0.2) is 11.6 Å². The number of methoxy groups -OCH3 is 1. The molecule has 0 aliphatic carbocycles. The van der Waals surface area contributed by atoms with Gasteiger partial charge in [-0.1, -0.05) is 26.8 Å². The van der Waals surface area contributed by atoms with E-state index in [1.165, 1.54) is 13.2 Å². The van der Waals surface area contributed by atoms with Crippen molar-refractivity contribution in [3.63, 3.8) is 0 Å². The molecule has 5 nitrogen and oxygen atoms in total. The lowest BCUT2D eigenvalue weighted by molar-refractivity contribution is 0.0650. The zero-order valence-electron chi connectivity index (χ0n) is 13.6. The van der Waals surface area contributed by atoms with Crippen LogP contribution < -0.4 is 15.4 Å². The number of carbonyl (C=O) groups excluding carboxylic acids is 1. The van der Waals surface area contributed by atoms with Crippen LogP contribution in [0.2, 0.25) is 0 Å². The summed E-state index contributed by atoms with van der Waals surface area (Å²) in [4.78, 5) is 11.6. The number of benzene rings is 1. The summed E-state index contributed by atoms with van der Waals surface area (Å²) in [6.45, 7) is 6.31. The Bertz CT molecular complexity index is 501. The molecule has 124 valence electrons. The zero-order chi connectivity index (χ0) is 16.8. The molecule has 0 radical (unpaired) electrons. The van der Waals surface area contributed by atoms with Gasteiger partial charge < -0.3 is 20.5 Å². The minimum atomic E-state index is -0.611. The maximum Gasteiger partial charge on any atom is 0.314 e. The number of nitrogens with one attached hydrogen (secondary N) is 2. The van der Waals surface area contributed by atoms with Crippen molar-refractivity contribution < 1.29 is 19.0 Å². The summed E-state index contributed by atoms with van der Waals surface area (Å²) in [5.41, 5.74) is 0.589. The second-order valence-electron chi connectivity index (χ2n) is 6.24. The van der Waals surface area contributed by atoms with E-state index >= 15 is 0 Å². The molecule has 0 saturated heterocycles. The first-order chi connectivity index (χ1) is 10.2. The number of halogens is 1. The van der Waals surface area contributed by atoms with Crippen molar-refractivity contribution in [1.29, 1.82) is 0 Å². The summed E-state index contributed by atoms with van der Waals surface area (Å²) >= 11 is 0. The predicted molar refractivity (Wildman–Crippen MR) is 83.5 cm³/mol. The van der Waals surface area contributed by atoms with Crippen molar-refractivity contribution >= 4 is 6.03 Å². The topological polar surface area (TPSA) is 70.6 Å². The normalized spacial score (nSPS) is 12.6. The maximum atomic E-state index is 13.3. The van der Waals surface area contributed by atoms with Gasteiger partial charge in [-0.05, 0) is 29.5 Å². The van der Waals surface area contributed by atoms with Gasteiger partial charge in [-0.3, -0.25) is 0 Å². The minimum absolute atomic E-state index is 0.190. The summed E-state index contributed by atoms with van der Waals surface area (Å²) < 4.78 is 18.2. The summed E-state index contributed by atoms with van der Waals surface area (Å²) in [5.74, 6) is -0.219. The van der Waals surface area contributed by atoms with E-state index < -0.39 is 11.9 Å². The van der Waals surface area contributed by atoms with Gasteiger partial charge >= 0.3 is 6.03 Å². The molecule has 0 spiro atoms. The molecule has 1 aromatic rings. The number of carbonyl (C=O) groups is 1. The molecular weight excluding hydrogens is 287 g/mol. The summed E-state index contributed by atoms with van der Waals surface area (Å²) in [6.07, 6.45) is -0.0501. The molecule has 0 aromatic heterocycles. The van der Waals surface area contributed by atoms with E-state index in [4.69, 9.17) is 4.74 Å². The number of hydrogen-bond donors (Lipinski definition) is 3. The average Bonchev–Trinajstić information content (AvgIpc) is 2.45. The van der Waals surface area contributed by atoms with E-state index in [-0.39, 0.29) is 23.7 Å². The first-order valence-corrected chi connectivity index (χ1v) is 7.26. The summed E-state index contributed by atoms with van der Waals surface area (Å²) in [7, 11) is 1.41. The molecular formula is C16H25FN2O3. The van der Waals surface area contributed by atoms with E-state index in [2.05, 4.69) is 10.6 Å². The van der Waals surface area contributed by atoms with Crippen molar-refractivity contribution in [1.82, 2.24) is 10.6 Å². The van der Waals surface area contributed by atoms with Crippen LogP contribution in [0.1, 0.15) is 26.3 Å². The first-order valence-electron chi connectivity index (χ1n) is 7.26. The Morgan fingerprint density at radius 3 is 2.64 bits per heavy atom. The van der Waals surface area contributed by atoms with Gasteiger partial charge in [0.25, 0.3) is 0 Å². The molecule has 0 bridgehead atoms. The number of hydrogen-bond acceptors (Lipinski definition) is 3. The quantitative estimate of drug-likeness (QED) is 0.753. The monoisotopic (exact) mass is 312 g/mol. The third-order valence-corrected chi connectivity index (χ3v) is 3.37. The van der Waals surface area contributed by atoms with Crippen LogP contribution in [0.4, 0.5) is 9.18 Å². The van der Waals surface area contributed by atoms with Crippen molar-refractivity contribution in [3.05, 3.63) is 29.6 Å². The van der Waals surface area contributed by atoms with Crippen molar-refractivity contribution in [2.75, 3.05) is 20.2 Å². The van der Waals surface area contributed by atoms with Gasteiger partial charge in [-0.15, -0.1) is 0 Å². The van der Waals surface area contributed by atoms with Gasteiger partial charge in [-0.25, -0.2) is 9.18 Å². The molecule has 0 saturated carbocycles. The van der Waals surface area contributed by atoms with Crippen LogP contribution in [0.15, 0.2) is 18.2 Å². The molecule has 0 aliphatic heterocycles. The van der Waals surface area contributed by atoms with Crippen LogP contribution in [0.3, 0.4) is 0 Å². The number of ether oxygens (including phenoxy) is 1. The smallest absolute Gasteiger partial charge is 0.314 e. The highest BCUT2D eigenvalue weighted by molar-refractivity contribution is 5.73. The molecule has 1 aromatic carbocycles. The lowest BCUT2D eigenvalue weighted by Crippen LogP contribution is -2.44. The first kappa shape index (κ1) is 18.2. The van der Waals surface area contributed by atoms with Crippen LogP contribution in [-0.4, -0.2) is 37.4 Å². The lowest BCUT2D eigenvalue weighted by Gasteiger charge is -2.25. The van der Waals surface area contributed by atoms with Gasteiger partial charge in [-0.2, -0.15) is 0 Å². The van der Waals surface area contributed by atoms with Crippen molar-refractivity contribution in [3.8, 4) is 5.75 Å². The van der Waals surface area contributed by atoms with Crippen LogP contribution in [0.25, 0.3) is 0 Å². The fraction of sp³-hybridized carbons (Fsp3) is 0.562. The van der Waals surface area contributed by atoms with Gasteiger partial charge in [0.1, 0.15) is 0 Å². The number of aliphatic hydroxyl groups excluding tert-OH is 1. The lowest BCUT2D eigenvalue weighted by atomic mass is 9.89. The Kier molecular flexibility index (Phi) is 6.61. The largest absolute Gasteiger partial charge is 0.494 e. The van der Waals surface area contributed by atoms with Gasteiger partial charge in [0.05, 0.1) is 13.2 Å². The third kappa shape index (κ3) is 5.89. The highest BCUT2D eigenvalue weighted by atomic mass is 19.1. The standard InChI is InChI=1S/C16H25FN2O3/c1-16(2,3)14(20)10-19-15(21)18-8-7-11-5-6-12(17)13(9-11)22-4/h5-6,9,14,20H,7-8,10H2,1-4H3,(H2,18,19,21). The molecule has 1 unspecified atom stereocenters. The Morgan fingerprint density at radius 2 is 2.05 bits per heavy atom. The molecule has 3 N–H and O–H groups in total. The Hall–Kier alpha value is -1.82. The number of urea groups is 1. The highest BCUT2D eigenvalue weighted by Crippen LogP contribution is 2.19. The molecule has 2 amide bonds. The third-order valence-electron chi connectivity index (χ3n) is 3.37. The highest BCUT2D eigenvalue weighted by Gasteiger charge is 2.22. The average molecular weight is 312 g/mol. The van der Waals surface area contributed by atoms with Crippen LogP contribution in [-0.2, 0) is 6.42 Å². The van der Waals surface area contributed by atoms with Crippen molar-refractivity contribution in [2.45, 2.75) is 33.3 Å². The van der Waals surface area contributed by atoms with Crippen molar-refractivity contribution in [2.24, 2.45) is 5.41 Å². The summed E-state index contributed by atoms with van der Waals surface area (Å²) in [5, 5.41) is 15.1. The maximum absolute atomic E-state index is 13.3. The fourth-order valence-corrected chi connectivity index (χ4v) is 1.74. The van der Waals surface area contributed by atoms with Crippen LogP contribution in [0.5, 0.6) is 5.75 Å². The van der Waals surface area contributed by atoms with E-state index in [0.717, 1.165) is 5.56 Å². The number of aliphatic hydroxyl groups is 1. The molecule has 0 fully saturated rings. The molecule has 1 atom stereocenters. The van der Waals surface area contributed by atoms with Crippen LogP contribution >= 0.6 is 0 Å². The van der Waals surface area contributed by atoms with Crippen LogP contribution in [0, 0.1) is 11.2 Å². The zero-order valence-corrected chi connectivity index (χ0v) is 13.6. The van der Waals surface area contributed by atoms with E-state index in [1.807, 2.05) is 20.8 Å². The molecule has 6 heteroatoms. The Morgan fingerprint density at radius 1 is 1.36 bits per heavy atom. The summed E-state index contributed by atoms with van der Waals surface area (Å²) in [6, 6.07) is 4.27. The number of rotatable bonds is 6. The van der Waals surface area contributed by atoms with Gasteiger partial charge in [0, 0.05) is 13.1 Å². The van der Waals surface area contributed by atoms with Gasteiger partial charge in [0.2, 0.25) is 0 Å². The Labute approximate surface area is 130 Å². The SMILES string of the molecule is COc1cc(CCNC(=O)NCC(O)C(C)(C)C)ccc1F. The molecule has 1 rings (SSSR count). The van der Waals surface area contributed by atoms with E-state index in [0.29, 0.717) is 13.0 Å². The fourth-order valence-electron chi connectivity index (χ4n) is 1.74. The second kappa shape index (κ2) is 7.98. The molecule has 0 aliphatic rings. The Balaban J connectivity index is 2.33. The van der Waals surface area contributed by atoms with E-state index in [9.17, 15) is 14.3 Å². The minimum Gasteiger partial charge on any atom is -0.494 e. The predicted octanol–water partition coefficient (Wildman–Crippen LogP) is 2.08. The molecule has 0 heterocycles.